The summed E-state index contributed by atoms with van der Waals surface area (Å²) < 4.78 is 5.24. The van der Waals surface area contributed by atoms with E-state index in [-0.39, 0.29) is 18.5 Å². The van der Waals surface area contributed by atoms with Gasteiger partial charge in [0.1, 0.15) is 0 Å². The van der Waals surface area contributed by atoms with Crippen molar-refractivity contribution in [2.24, 2.45) is 11.7 Å². The van der Waals surface area contributed by atoms with Gasteiger partial charge >= 0.3 is 0 Å². The van der Waals surface area contributed by atoms with Gasteiger partial charge in [0, 0.05) is 27.5 Å². The fourth-order valence-corrected chi connectivity index (χ4v) is 7.09. The highest BCUT2D eigenvalue weighted by atomic mass is 35.5. The summed E-state index contributed by atoms with van der Waals surface area (Å²) in [5.74, 6) is 3.35. The van der Waals surface area contributed by atoms with Crippen LogP contribution >= 0.6 is 23.2 Å². The molecule has 1 aromatic rings. The third-order valence-electron chi connectivity index (χ3n) is 8.70. The SMILES string of the molecule is C=CC1(N2CCCCC2)CCC(/C(C)=C/C=C(Cl)\C=C(/C)OC)C(c2ccc(Cl)cc2)C1(N)CB(C)C#N.CC. The van der Waals surface area contributed by atoms with Crippen LogP contribution in [0.4, 0.5) is 0 Å². The number of methoxy groups -OCH3 is 1. The normalized spacial score (nSPS) is 28.1. The number of likely N-dealkylation sites (tertiary alicyclic amines) is 1. The lowest BCUT2D eigenvalue weighted by Crippen LogP contribution is -2.74. The van der Waals surface area contributed by atoms with E-state index in [9.17, 15) is 5.26 Å². The first-order valence-electron chi connectivity index (χ1n) is 14.7. The van der Waals surface area contributed by atoms with Gasteiger partial charge in [-0.1, -0.05) is 80.2 Å². The van der Waals surface area contributed by atoms with Crippen LogP contribution < -0.4 is 5.73 Å². The van der Waals surface area contributed by atoms with E-state index in [0.717, 1.165) is 50.1 Å². The van der Waals surface area contributed by atoms with Crippen LogP contribution in [0.25, 0.3) is 0 Å². The average molecular weight is 584 g/mol. The van der Waals surface area contributed by atoms with E-state index in [2.05, 4.69) is 48.7 Å². The summed E-state index contributed by atoms with van der Waals surface area (Å²) in [6, 6.07) is 8.10. The molecule has 4 nitrogen and oxygen atoms in total. The van der Waals surface area contributed by atoms with Crippen molar-refractivity contribution in [1.82, 2.24) is 4.90 Å². The molecule has 40 heavy (non-hydrogen) atoms. The topological polar surface area (TPSA) is 62.3 Å². The van der Waals surface area contributed by atoms with Gasteiger partial charge in [0.15, 0.2) is 0 Å². The van der Waals surface area contributed by atoms with Crippen molar-refractivity contribution in [2.75, 3.05) is 20.2 Å². The summed E-state index contributed by atoms with van der Waals surface area (Å²) in [4.78, 5) is 2.57. The third kappa shape index (κ3) is 7.65. The summed E-state index contributed by atoms with van der Waals surface area (Å²) in [6.45, 7) is 16.2. The van der Waals surface area contributed by atoms with Crippen LogP contribution in [0, 0.1) is 17.1 Å². The number of allylic oxidation sites excluding steroid dienone is 6. The summed E-state index contributed by atoms with van der Waals surface area (Å²) in [5, 5.41) is 11.2. The minimum Gasteiger partial charge on any atom is -0.501 e. The predicted molar refractivity (Wildman–Crippen MR) is 174 cm³/mol. The molecule has 1 aliphatic heterocycles. The molecular formula is C33H48BCl2N3O. The summed E-state index contributed by atoms with van der Waals surface area (Å²) >= 11 is 12.8. The lowest BCUT2D eigenvalue weighted by molar-refractivity contribution is -0.0108. The molecule has 1 saturated heterocycles. The molecule has 1 heterocycles. The van der Waals surface area contributed by atoms with Crippen LogP contribution in [0.2, 0.25) is 18.2 Å². The zero-order valence-electron chi connectivity index (χ0n) is 25.4. The van der Waals surface area contributed by atoms with E-state index in [4.69, 9.17) is 33.7 Å². The summed E-state index contributed by atoms with van der Waals surface area (Å²) in [7, 11) is 1.63. The number of piperidine rings is 1. The van der Waals surface area contributed by atoms with Crippen molar-refractivity contribution in [3.8, 4) is 5.97 Å². The smallest absolute Gasteiger partial charge is 0.266 e. The standard InChI is InChI=1S/C31H42BCl2N3O.C2H6/c1-6-30(37-18-8-7-9-19-37)17-16-28(23(2)10-13-27(34)20-24(3)38-5)29(25-11-14-26(33)15-12-25)31(30,36)21-32(4)22-35;1-2/h6,10-15,20,28-29H,1,7-9,16-19,21,36H2,2-5H3;1-2H3/b23-10+,24-20+,27-13+;. The van der Waals surface area contributed by atoms with Gasteiger partial charge in [-0.3, -0.25) is 4.90 Å². The molecule has 0 bridgehead atoms. The Hall–Kier alpha value is -1.97. The number of nitrogens with zero attached hydrogens (tertiary/aromatic N) is 2. The number of hydrogen-bond donors (Lipinski definition) is 1. The third-order valence-corrected chi connectivity index (χ3v) is 9.19. The number of halogens is 2. The molecule has 0 radical (unpaired) electrons. The largest absolute Gasteiger partial charge is 0.501 e. The molecule has 2 fully saturated rings. The van der Waals surface area contributed by atoms with Crippen molar-refractivity contribution < 1.29 is 4.74 Å². The van der Waals surface area contributed by atoms with Gasteiger partial charge in [-0.05, 0) is 94.7 Å². The maximum atomic E-state index is 9.93. The molecule has 1 saturated carbocycles. The van der Waals surface area contributed by atoms with Crippen LogP contribution in [0.15, 0.2) is 71.5 Å². The van der Waals surface area contributed by atoms with Gasteiger partial charge < -0.3 is 10.5 Å². The van der Waals surface area contributed by atoms with E-state index >= 15 is 0 Å². The second-order valence-electron chi connectivity index (χ2n) is 11.0. The highest BCUT2D eigenvalue weighted by molar-refractivity contribution is 6.65. The molecule has 0 aromatic heterocycles. The quantitative estimate of drug-likeness (QED) is 0.136. The Labute approximate surface area is 254 Å². The Kier molecular flexibility index (Phi) is 13.6. The van der Waals surface area contributed by atoms with Gasteiger partial charge in [-0.15, -0.1) is 6.58 Å². The predicted octanol–water partition coefficient (Wildman–Crippen LogP) is 8.77. The molecule has 7 heteroatoms. The van der Waals surface area contributed by atoms with Crippen LogP contribution in [0.3, 0.4) is 0 Å². The molecule has 1 aromatic carbocycles. The summed E-state index contributed by atoms with van der Waals surface area (Å²) in [5.41, 5.74) is 8.98. The number of ether oxygens (including phenoxy) is 1. The van der Waals surface area contributed by atoms with Crippen LogP contribution in [-0.4, -0.2) is 42.9 Å². The van der Waals surface area contributed by atoms with Crippen LogP contribution in [-0.2, 0) is 4.74 Å². The average Bonchev–Trinajstić information content (AvgIpc) is 2.97. The van der Waals surface area contributed by atoms with E-state index in [1.54, 1.807) is 7.11 Å². The minimum atomic E-state index is -0.715. The lowest BCUT2D eigenvalue weighted by Gasteiger charge is -2.62. The fourth-order valence-electron chi connectivity index (χ4n) is 6.75. The molecule has 4 unspecified atom stereocenters. The zero-order valence-corrected chi connectivity index (χ0v) is 26.9. The molecule has 4 atom stereocenters. The Morgan fingerprint density at radius 2 is 1.82 bits per heavy atom. The first-order valence-corrected chi connectivity index (χ1v) is 15.5. The van der Waals surface area contributed by atoms with E-state index in [1.807, 2.05) is 51.9 Å². The zero-order chi connectivity index (χ0) is 29.9. The summed E-state index contributed by atoms with van der Waals surface area (Å²) in [6.07, 6.45) is 13.9. The van der Waals surface area contributed by atoms with E-state index < -0.39 is 11.1 Å². The van der Waals surface area contributed by atoms with E-state index in [1.165, 1.54) is 12.0 Å². The Morgan fingerprint density at radius 3 is 2.38 bits per heavy atom. The number of benzene rings is 1. The van der Waals surface area contributed by atoms with Crippen molar-refractivity contribution in [3.05, 3.63) is 82.1 Å². The lowest BCUT2D eigenvalue weighted by atomic mass is 9.40. The Morgan fingerprint density at radius 1 is 1.20 bits per heavy atom. The van der Waals surface area contributed by atoms with Crippen LogP contribution in [0.1, 0.15) is 71.3 Å². The van der Waals surface area contributed by atoms with Gasteiger partial charge in [0.25, 0.3) is 6.71 Å². The van der Waals surface area contributed by atoms with Crippen molar-refractivity contribution >= 4 is 29.9 Å². The molecule has 218 valence electrons. The molecule has 0 spiro atoms. The highest BCUT2D eigenvalue weighted by Crippen LogP contribution is 2.56. The Balaban J connectivity index is 0.00000274. The number of rotatable bonds is 9. The number of hydrogen-bond acceptors (Lipinski definition) is 4. The molecular weight excluding hydrogens is 536 g/mol. The maximum absolute atomic E-state index is 9.93. The van der Waals surface area contributed by atoms with Crippen molar-refractivity contribution in [3.63, 3.8) is 0 Å². The first-order chi connectivity index (χ1) is 19.1. The van der Waals surface area contributed by atoms with E-state index in [0.29, 0.717) is 16.4 Å². The maximum Gasteiger partial charge on any atom is 0.266 e. The highest BCUT2D eigenvalue weighted by Gasteiger charge is 2.60. The van der Waals surface area contributed by atoms with Gasteiger partial charge in [0.05, 0.1) is 18.4 Å². The number of nitrogens with two attached hydrogens (primary N) is 1. The van der Waals surface area contributed by atoms with Crippen molar-refractivity contribution in [1.29, 1.82) is 5.26 Å². The molecule has 2 N–H and O–H groups in total. The second kappa shape index (κ2) is 15.9. The van der Waals surface area contributed by atoms with Gasteiger partial charge in [-0.25, -0.2) is 5.26 Å². The molecule has 1 aliphatic carbocycles. The van der Waals surface area contributed by atoms with Crippen molar-refractivity contribution in [2.45, 2.75) is 89.9 Å². The molecule has 0 amide bonds. The first kappa shape index (κ1) is 34.2. The monoisotopic (exact) mass is 583 g/mol. The molecule has 2 aliphatic rings. The second-order valence-corrected chi connectivity index (χ2v) is 11.9. The number of nitriles is 1. The molecule has 3 rings (SSSR count). The minimum absolute atomic E-state index is 0.0380. The van der Waals surface area contributed by atoms with Gasteiger partial charge in [0.2, 0.25) is 0 Å². The van der Waals surface area contributed by atoms with Gasteiger partial charge in [-0.2, -0.15) is 0 Å². The van der Waals surface area contributed by atoms with Crippen LogP contribution in [0.5, 0.6) is 0 Å². The fraction of sp³-hybridized carbons (Fsp3) is 0.545. The Bertz CT molecular complexity index is 1100.